The number of benzene rings is 1. The lowest BCUT2D eigenvalue weighted by atomic mass is 10.1. The van der Waals surface area contributed by atoms with E-state index in [0.717, 1.165) is 20.0 Å². The highest BCUT2D eigenvalue weighted by molar-refractivity contribution is 9.10. The summed E-state index contributed by atoms with van der Waals surface area (Å²) in [6, 6.07) is 6.97. The molecule has 0 radical (unpaired) electrons. The number of pyridine rings is 1. The molecule has 0 aliphatic heterocycles. The van der Waals surface area contributed by atoms with Crippen LogP contribution < -0.4 is 5.73 Å². The standard InChI is InChI=1S/C14H14BrFN2S/c1-8-5-13(11(9(2)17)6-12(8)16)19-14-4-3-10(15)7-18-14/h3-7,9H,17H2,1-2H3/t9-/m1/s1. The molecular formula is C14H14BrFN2S. The van der Waals surface area contributed by atoms with Gasteiger partial charge in [-0.3, -0.25) is 0 Å². The number of nitrogens with two attached hydrogens (primary N) is 1. The minimum Gasteiger partial charge on any atom is -0.324 e. The van der Waals surface area contributed by atoms with Crippen LogP contribution in [0.15, 0.2) is 44.9 Å². The maximum atomic E-state index is 13.6. The number of hydrogen-bond donors (Lipinski definition) is 1. The molecule has 2 rings (SSSR count). The van der Waals surface area contributed by atoms with E-state index in [1.54, 1.807) is 13.1 Å². The van der Waals surface area contributed by atoms with Gasteiger partial charge in [-0.25, -0.2) is 9.37 Å². The molecule has 2 aromatic rings. The molecule has 19 heavy (non-hydrogen) atoms. The second kappa shape index (κ2) is 6.03. The molecule has 1 aromatic heterocycles. The van der Waals surface area contributed by atoms with Gasteiger partial charge in [0.15, 0.2) is 0 Å². The molecular weight excluding hydrogens is 327 g/mol. The van der Waals surface area contributed by atoms with Crippen molar-refractivity contribution in [1.29, 1.82) is 0 Å². The van der Waals surface area contributed by atoms with Gasteiger partial charge in [-0.1, -0.05) is 11.8 Å². The number of aromatic nitrogens is 1. The molecule has 0 saturated heterocycles. The van der Waals surface area contributed by atoms with E-state index in [4.69, 9.17) is 5.73 Å². The molecule has 1 aromatic carbocycles. The summed E-state index contributed by atoms with van der Waals surface area (Å²) in [6.07, 6.45) is 1.74. The van der Waals surface area contributed by atoms with Crippen LogP contribution in [0.2, 0.25) is 0 Å². The number of rotatable bonds is 3. The van der Waals surface area contributed by atoms with Crippen LogP contribution >= 0.6 is 27.7 Å². The SMILES string of the molecule is Cc1cc(Sc2ccc(Br)cn2)c([C@@H](C)N)cc1F. The third-order valence-electron chi connectivity index (χ3n) is 2.70. The van der Waals surface area contributed by atoms with Crippen LogP contribution in [-0.2, 0) is 0 Å². The smallest absolute Gasteiger partial charge is 0.126 e. The molecule has 100 valence electrons. The Morgan fingerprint density at radius 3 is 2.68 bits per heavy atom. The first-order chi connectivity index (χ1) is 8.97. The van der Waals surface area contributed by atoms with Crippen LogP contribution in [0.5, 0.6) is 0 Å². The van der Waals surface area contributed by atoms with Gasteiger partial charge in [0, 0.05) is 21.6 Å². The predicted octanol–water partition coefficient (Wildman–Crippen LogP) is 4.46. The van der Waals surface area contributed by atoms with Gasteiger partial charge in [0.25, 0.3) is 0 Å². The second-order valence-corrected chi connectivity index (χ2v) is 6.32. The molecule has 2 N–H and O–H groups in total. The lowest BCUT2D eigenvalue weighted by Gasteiger charge is -2.13. The van der Waals surface area contributed by atoms with Crippen molar-refractivity contribution in [3.05, 3.63) is 51.9 Å². The fraction of sp³-hybridized carbons (Fsp3) is 0.214. The van der Waals surface area contributed by atoms with Gasteiger partial charge in [0.2, 0.25) is 0 Å². The van der Waals surface area contributed by atoms with Crippen molar-refractivity contribution in [2.75, 3.05) is 0 Å². The van der Waals surface area contributed by atoms with E-state index in [1.807, 2.05) is 25.1 Å². The molecule has 0 aliphatic rings. The lowest BCUT2D eigenvalue weighted by Crippen LogP contribution is -2.07. The van der Waals surface area contributed by atoms with Gasteiger partial charge in [0.1, 0.15) is 10.8 Å². The van der Waals surface area contributed by atoms with Gasteiger partial charge < -0.3 is 5.73 Å². The second-order valence-electron chi connectivity index (χ2n) is 4.34. The molecule has 0 saturated carbocycles. The quantitative estimate of drug-likeness (QED) is 0.896. The summed E-state index contributed by atoms with van der Waals surface area (Å²) in [4.78, 5) is 5.26. The van der Waals surface area contributed by atoms with Crippen LogP contribution in [0.1, 0.15) is 24.1 Å². The van der Waals surface area contributed by atoms with E-state index >= 15 is 0 Å². The maximum Gasteiger partial charge on any atom is 0.126 e. The monoisotopic (exact) mass is 340 g/mol. The van der Waals surface area contributed by atoms with Crippen molar-refractivity contribution in [1.82, 2.24) is 4.98 Å². The minimum absolute atomic E-state index is 0.215. The third kappa shape index (κ3) is 3.55. The molecule has 0 aliphatic carbocycles. The van der Waals surface area contributed by atoms with Crippen LogP contribution in [0.3, 0.4) is 0 Å². The van der Waals surface area contributed by atoms with E-state index in [1.165, 1.54) is 17.8 Å². The van der Waals surface area contributed by atoms with Gasteiger partial charge in [-0.05, 0) is 65.2 Å². The van der Waals surface area contributed by atoms with Gasteiger partial charge in [0.05, 0.1) is 0 Å². The number of hydrogen-bond acceptors (Lipinski definition) is 3. The van der Waals surface area contributed by atoms with E-state index in [9.17, 15) is 4.39 Å². The molecule has 0 amide bonds. The number of aryl methyl sites for hydroxylation is 1. The molecule has 5 heteroatoms. The Morgan fingerprint density at radius 1 is 1.37 bits per heavy atom. The van der Waals surface area contributed by atoms with Gasteiger partial charge in [-0.15, -0.1) is 0 Å². The molecule has 0 unspecified atom stereocenters. The van der Waals surface area contributed by atoms with Crippen molar-refractivity contribution in [3.63, 3.8) is 0 Å². The first kappa shape index (κ1) is 14.5. The van der Waals surface area contributed by atoms with E-state index in [2.05, 4.69) is 20.9 Å². The van der Waals surface area contributed by atoms with Crippen molar-refractivity contribution >= 4 is 27.7 Å². The Kier molecular flexibility index (Phi) is 4.60. The first-order valence-electron chi connectivity index (χ1n) is 5.82. The summed E-state index contributed by atoms with van der Waals surface area (Å²) in [5.74, 6) is -0.222. The molecule has 2 nitrogen and oxygen atoms in total. The van der Waals surface area contributed by atoms with Crippen LogP contribution in [0, 0.1) is 12.7 Å². The predicted molar refractivity (Wildman–Crippen MR) is 79.8 cm³/mol. The zero-order chi connectivity index (χ0) is 14.0. The Morgan fingerprint density at radius 2 is 2.11 bits per heavy atom. The fourth-order valence-corrected chi connectivity index (χ4v) is 2.95. The summed E-state index contributed by atoms with van der Waals surface area (Å²) in [5.41, 5.74) is 7.32. The maximum absolute atomic E-state index is 13.6. The van der Waals surface area contributed by atoms with E-state index < -0.39 is 0 Å². The Balaban J connectivity index is 2.38. The van der Waals surface area contributed by atoms with E-state index in [-0.39, 0.29) is 11.9 Å². The molecule has 1 heterocycles. The summed E-state index contributed by atoms with van der Waals surface area (Å²) < 4.78 is 14.6. The highest BCUT2D eigenvalue weighted by Gasteiger charge is 2.12. The molecule has 0 bridgehead atoms. The van der Waals surface area contributed by atoms with Gasteiger partial charge >= 0.3 is 0 Å². The third-order valence-corrected chi connectivity index (χ3v) is 4.19. The van der Waals surface area contributed by atoms with Crippen molar-refractivity contribution in [2.45, 2.75) is 29.8 Å². The van der Waals surface area contributed by atoms with Crippen molar-refractivity contribution < 1.29 is 4.39 Å². The van der Waals surface area contributed by atoms with Gasteiger partial charge in [-0.2, -0.15) is 0 Å². The largest absolute Gasteiger partial charge is 0.324 e. The normalized spacial score (nSPS) is 12.5. The topological polar surface area (TPSA) is 38.9 Å². The number of nitrogens with zero attached hydrogens (tertiary/aromatic N) is 1. The molecule has 1 atom stereocenters. The average molecular weight is 341 g/mol. The Hall–Kier alpha value is -0.910. The van der Waals surface area contributed by atoms with Crippen molar-refractivity contribution in [3.8, 4) is 0 Å². The van der Waals surface area contributed by atoms with Crippen LogP contribution in [0.4, 0.5) is 4.39 Å². The molecule has 0 fully saturated rings. The van der Waals surface area contributed by atoms with E-state index in [0.29, 0.717) is 5.56 Å². The molecule has 0 spiro atoms. The Labute approximate surface area is 124 Å². The highest BCUT2D eigenvalue weighted by Crippen LogP contribution is 2.33. The van der Waals surface area contributed by atoms with Crippen LogP contribution in [0.25, 0.3) is 0 Å². The average Bonchev–Trinajstić information content (AvgIpc) is 2.36. The summed E-state index contributed by atoms with van der Waals surface area (Å²) >= 11 is 4.84. The minimum atomic E-state index is -0.222. The summed E-state index contributed by atoms with van der Waals surface area (Å²) in [5, 5.41) is 0.858. The zero-order valence-electron chi connectivity index (χ0n) is 10.7. The summed E-state index contributed by atoms with van der Waals surface area (Å²) in [6.45, 7) is 3.60. The Bertz CT molecular complexity index is 585. The highest BCUT2D eigenvalue weighted by atomic mass is 79.9. The fourth-order valence-electron chi connectivity index (χ4n) is 1.65. The first-order valence-corrected chi connectivity index (χ1v) is 7.43. The van der Waals surface area contributed by atoms with Crippen molar-refractivity contribution in [2.24, 2.45) is 5.73 Å². The zero-order valence-corrected chi connectivity index (χ0v) is 13.1. The lowest BCUT2D eigenvalue weighted by molar-refractivity contribution is 0.610. The summed E-state index contributed by atoms with van der Waals surface area (Å²) in [7, 11) is 0. The van der Waals surface area contributed by atoms with Crippen LogP contribution in [-0.4, -0.2) is 4.98 Å². The number of halogens is 2.